The maximum Gasteiger partial charge on any atom is 0.252 e. The second-order valence-electron chi connectivity index (χ2n) is 3.98. The zero-order valence-electron chi connectivity index (χ0n) is 9.13. The smallest absolute Gasteiger partial charge is 0.252 e. The molecule has 0 aliphatic heterocycles. The van der Waals surface area contributed by atoms with Crippen LogP contribution in [0.5, 0.6) is 5.75 Å². The van der Waals surface area contributed by atoms with Crippen molar-refractivity contribution in [2.75, 3.05) is 13.7 Å². The number of carbonyl (C=O) groups excluding carboxylic acids is 1. The fourth-order valence-corrected chi connectivity index (χ4v) is 2.10. The van der Waals surface area contributed by atoms with E-state index >= 15 is 0 Å². The van der Waals surface area contributed by atoms with Gasteiger partial charge in [0, 0.05) is 6.54 Å². The number of hydrogen-bond donors (Lipinski definition) is 1. The molecule has 0 spiro atoms. The number of ether oxygens (including phenoxy) is 1. The van der Waals surface area contributed by atoms with Gasteiger partial charge in [0.25, 0.3) is 5.91 Å². The first-order valence-electron chi connectivity index (χ1n) is 5.33. The van der Waals surface area contributed by atoms with Gasteiger partial charge in [-0.25, -0.2) is 0 Å². The van der Waals surface area contributed by atoms with Crippen molar-refractivity contribution < 1.29 is 9.53 Å². The maximum atomic E-state index is 11.9. The van der Waals surface area contributed by atoms with Crippen molar-refractivity contribution in [1.29, 1.82) is 0 Å². The average molecular weight is 284 g/mol. The number of benzene rings is 1. The molecule has 1 saturated carbocycles. The number of rotatable bonds is 4. The first-order valence-corrected chi connectivity index (χ1v) is 6.12. The average Bonchev–Trinajstić information content (AvgIpc) is 3.10. The third-order valence-corrected chi connectivity index (χ3v) is 3.49. The summed E-state index contributed by atoms with van der Waals surface area (Å²) < 4.78 is 5.86. The van der Waals surface area contributed by atoms with E-state index in [0.29, 0.717) is 21.7 Å². The van der Waals surface area contributed by atoms with Crippen LogP contribution in [0, 0.1) is 5.92 Å². The van der Waals surface area contributed by atoms with Crippen LogP contribution in [0.1, 0.15) is 23.2 Å². The van der Waals surface area contributed by atoms with Crippen LogP contribution in [0.25, 0.3) is 0 Å². The molecule has 1 aromatic carbocycles. The Morgan fingerprint density at radius 2 is 2.31 bits per heavy atom. The molecule has 1 amide bonds. The van der Waals surface area contributed by atoms with Gasteiger partial charge >= 0.3 is 0 Å². The molecule has 1 aliphatic carbocycles. The number of halogens is 1. The van der Waals surface area contributed by atoms with E-state index < -0.39 is 0 Å². The lowest BCUT2D eigenvalue weighted by Gasteiger charge is -2.09. The summed E-state index contributed by atoms with van der Waals surface area (Å²) in [5, 5.41) is 2.93. The van der Waals surface area contributed by atoms with Gasteiger partial charge in [-0.1, -0.05) is 6.07 Å². The summed E-state index contributed by atoms with van der Waals surface area (Å²) >= 11 is 3.38. The molecule has 0 heterocycles. The van der Waals surface area contributed by atoms with E-state index in [4.69, 9.17) is 4.74 Å². The molecule has 0 saturated heterocycles. The van der Waals surface area contributed by atoms with Crippen LogP contribution in [0.15, 0.2) is 22.7 Å². The zero-order chi connectivity index (χ0) is 11.5. The number of amides is 1. The highest BCUT2D eigenvalue weighted by atomic mass is 79.9. The SMILES string of the molecule is COc1cccc(C(=O)NCC2CC2)c1Br. The molecule has 86 valence electrons. The topological polar surface area (TPSA) is 38.3 Å². The summed E-state index contributed by atoms with van der Waals surface area (Å²) in [5.74, 6) is 1.32. The van der Waals surface area contributed by atoms with Crippen molar-refractivity contribution in [2.45, 2.75) is 12.8 Å². The zero-order valence-corrected chi connectivity index (χ0v) is 10.7. The van der Waals surface area contributed by atoms with Crippen molar-refractivity contribution >= 4 is 21.8 Å². The molecule has 0 aromatic heterocycles. The number of methoxy groups -OCH3 is 1. The number of carbonyl (C=O) groups is 1. The summed E-state index contributed by atoms with van der Waals surface area (Å²) in [6.45, 7) is 0.780. The molecule has 0 bridgehead atoms. The van der Waals surface area contributed by atoms with Crippen molar-refractivity contribution in [3.63, 3.8) is 0 Å². The first kappa shape index (κ1) is 11.5. The Bertz CT molecular complexity index is 402. The van der Waals surface area contributed by atoms with Crippen molar-refractivity contribution in [2.24, 2.45) is 5.92 Å². The standard InChI is InChI=1S/C12H14BrNO2/c1-16-10-4-2-3-9(11(10)13)12(15)14-7-8-5-6-8/h2-4,8H,5-7H2,1H3,(H,14,15). The van der Waals surface area contributed by atoms with Crippen LogP contribution in [0.2, 0.25) is 0 Å². The highest BCUT2D eigenvalue weighted by Gasteiger charge is 2.22. The fraction of sp³-hybridized carbons (Fsp3) is 0.417. The third-order valence-electron chi connectivity index (χ3n) is 2.68. The molecule has 2 rings (SSSR count). The lowest BCUT2D eigenvalue weighted by Crippen LogP contribution is -2.25. The summed E-state index contributed by atoms with van der Waals surface area (Å²) in [7, 11) is 1.59. The Balaban J connectivity index is 2.08. The molecule has 16 heavy (non-hydrogen) atoms. The lowest BCUT2D eigenvalue weighted by molar-refractivity contribution is 0.0950. The van der Waals surface area contributed by atoms with E-state index in [0.717, 1.165) is 6.54 Å². The van der Waals surface area contributed by atoms with Crippen LogP contribution in [-0.2, 0) is 0 Å². The van der Waals surface area contributed by atoms with E-state index in [1.165, 1.54) is 12.8 Å². The van der Waals surface area contributed by atoms with Crippen LogP contribution >= 0.6 is 15.9 Å². The molecule has 3 nitrogen and oxygen atoms in total. The molecule has 1 N–H and O–H groups in total. The maximum absolute atomic E-state index is 11.9. The third kappa shape index (κ3) is 2.55. The summed E-state index contributed by atoms with van der Waals surface area (Å²) in [5.41, 5.74) is 0.625. The van der Waals surface area contributed by atoms with Gasteiger partial charge < -0.3 is 10.1 Å². The second kappa shape index (κ2) is 4.87. The number of hydrogen-bond acceptors (Lipinski definition) is 2. The van der Waals surface area contributed by atoms with Crippen molar-refractivity contribution in [3.8, 4) is 5.75 Å². The van der Waals surface area contributed by atoms with Crippen molar-refractivity contribution in [3.05, 3.63) is 28.2 Å². The minimum Gasteiger partial charge on any atom is -0.496 e. The minimum absolute atomic E-state index is 0.0438. The largest absolute Gasteiger partial charge is 0.496 e. The summed E-state index contributed by atoms with van der Waals surface area (Å²) in [4.78, 5) is 11.9. The van der Waals surface area contributed by atoms with Crippen molar-refractivity contribution in [1.82, 2.24) is 5.32 Å². The highest BCUT2D eigenvalue weighted by molar-refractivity contribution is 9.10. The molecular weight excluding hydrogens is 270 g/mol. The Labute approximate surface area is 103 Å². The van der Waals surface area contributed by atoms with E-state index in [1.807, 2.05) is 12.1 Å². The molecule has 0 unspecified atom stereocenters. The van der Waals surface area contributed by atoms with Gasteiger partial charge in [0.2, 0.25) is 0 Å². The van der Waals surface area contributed by atoms with Gasteiger partial charge in [-0.05, 0) is 46.8 Å². The fourth-order valence-electron chi connectivity index (χ4n) is 1.50. The van der Waals surface area contributed by atoms with Crippen LogP contribution in [0.3, 0.4) is 0 Å². The second-order valence-corrected chi connectivity index (χ2v) is 4.77. The predicted octanol–water partition coefficient (Wildman–Crippen LogP) is 2.60. The molecule has 1 fully saturated rings. The first-order chi connectivity index (χ1) is 7.72. The predicted molar refractivity (Wildman–Crippen MR) is 65.8 cm³/mol. The molecule has 1 aromatic rings. The molecule has 0 atom stereocenters. The monoisotopic (exact) mass is 283 g/mol. The number of nitrogens with one attached hydrogen (secondary N) is 1. The van der Waals surface area contributed by atoms with E-state index in [1.54, 1.807) is 13.2 Å². The Morgan fingerprint density at radius 3 is 2.94 bits per heavy atom. The van der Waals surface area contributed by atoms with Crippen LogP contribution in [0.4, 0.5) is 0 Å². The van der Waals surface area contributed by atoms with Gasteiger partial charge in [0.15, 0.2) is 0 Å². The van der Waals surface area contributed by atoms with E-state index in [2.05, 4.69) is 21.2 Å². The van der Waals surface area contributed by atoms with E-state index in [-0.39, 0.29) is 5.91 Å². The van der Waals surface area contributed by atoms with Gasteiger partial charge in [-0.15, -0.1) is 0 Å². The van der Waals surface area contributed by atoms with Crippen LogP contribution < -0.4 is 10.1 Å². The molecule has 1 aliphatic rings. The highest BCUT2D eigenvalue weighted by Crippen LogP contribution is 2.29. The molecule has 0 radical (unpaired) electrons. The summed E-state index contributed by atoms with van der Waals surface area (Å²) in [6, 6.07) is 5.42. The normalized spacial score (nSPS) is 14.6. The lowest BCUT2D eigenvalue weighted by atomic mass is 10.2. The Morgan fingerprint density at radius 1 is 1.56 bits per heavy atom. The Kier molecular flexibility index (Phi) is 3.49. The van der Waals surface area contributed by atoms with E-state index in [9.17, 15) is 4.79 Å². The van der Waals surface area contributed by atoms with Gasteiger partial charge in [-0.2, -0.15) is 0 Å². The van der Waals surface area contributed by atoms with Crippen LogP contribution in [-0.4, -0.2) is 19.6 Å². The van der Waals surface area contributed by atoms with Gasteiger partial charge in [0.1, 0.15) is 5.75 Å². The molecule has 4 heteroatoms. The van der Waals surface area contributed by atoms with Gasteiger partial charge in [-0.3, -0.25) is 4.79 Å². The summed E-state index contributed by atoms with van der Waals surface area (Å²) in [6.07, 6.45) is 2.47. The van der Waals surface area contributed by atoms with Gasteiger partial charge in [0.05, 0.1) is 17.1 Å². The minimum atomic E-state index is -0.0438. The molecular formula is C12H14BrNO2. The quantitative estimate of drug-likeness (QED) is 0.923. The Hall–Kier alpha value is -1.03.